The Kier molecular flexibility index (Phi) is 18.9. The Morgan fingerprint density at radius 3 is 1.72 bits per heavy atom. The van der Waals surface area contributed by atoms with E-state index in [0.29, 0.717) is 11.6 Å². The summed E-state index contributed by atoms with van der Waals surface area (Å²) in [6, 6.07) is 6.29. The normalized spacial score (nSPS) is 14.6. The first-order valence-corrected chi connectivity index (χ1v) is 21.5. The number of anilines is 1. The molecule has 8 nitrogen and oxygen atoms in total. The van der Waals surface area contributed by atoms with E-state index in [-0.39, 0.29) is 18.6 Å². The van der Waals surface area contributed by atoms with Crippen LogP contribution in [-0.4, -0.2) is 86.4 Å². The number of carbonyl (C=O) groups is 2. The molecular formula is C39H41F19N2O6Si. The number of carbonyl (C=O) groups excluding carboxylic acids is 2. The molecule has 28 heteroatoms. The molecule has 0 aliphatic carbocycles. The maximum Gasteiger partial charge on any atom is 0.460 e. The molecule has 2 rings (SSSR count). The minimum Gasteiger partial charge on any atom is -0.491 e. The largest absolute Gasteiger partial charge is 0.491 e. The molecule has 0 unspecified atom stereocenters. The molecule has 0 fully saturated rings. The summed E-state index contributed by atoms with van der Waals surface area (Å²) in [5, 5.41) is 10.7. The van der Waals surface area contributed by atoms with E-state index in [1.165, 1.54) is 75.7 Å². The number of allylic oxidation sites excluding steroid dienone is 3. The number of nitrogens with one attached hydrogen (secondary N) is 2. The van der Waals surface area contributed by atoms with Crippen LogP contribution in [0.3, 0.4) is 0 Å². The summed E-state index contributed by atoms with van der Waals surface area (Å²) in [6.45, 7) is 4.07. The minimum absolute atomic E-state index is 0.0437. The standard InChI is InChI=1S/C39H41F19N2O6Si/c1-22(2)67(23(3)4,20-17-32(42,43)33(44,45)34(46,47)35(48,49)36(50,51)37(52,53)38(54,55)39(56,57)58)65-19-18-64-26-14-11-24(12-15-26)29(9-7-5-6-8-10-30(61)60-63)66-31(62)59-28-16-13-25(40)21-27(28)41/h5-6,8,10-16,21-23,29,63H,7,9,17-20H2,1-4H3,(H,59,62)(H,60,61)/b6-5+,10-8+/t29-/m0/s1. The molecule has 0 radical (unpaired) electrons. The lowest BCUT2D eigenvalue weighted by atomic mass is 9.88. The summed E-state index contributed by atoms with van der Waals surface area (Å²) in [4.78, 5) is 23.8. The van der Waals surface area contributed by atoms with Crippen LogP contribution in [0.5, 0.6) is 5.75 Å². The van der Waals surface area contributed by atoms with Crippen LogP contribution >= 0.6 is 0 Å². The number of alkyl halides is 17. The summed E-state index contributed by atoms with van der Waals surface area (Å²) in [5.74, 6) is -59.9. The Bertz CT molecular complexity index is 2020. The number of ether oxygens (including phenoxy) is 2. The molecule has 2 aromatic rings. The molecule has 0 bridgehead atoms. The zero-order valence-corrected chi connectivity index (χ0v) is 36.0. The molecule has 0 aliphatic rings. The first-order chi connectivity index (χ1) is 30.4. The van der Waals surface area contributed by atoms with E-state index in [9.17, 15) is 93.0 Å². The minimum atomic E-state index is -8.72. The van der Waals surface area contributed by atoms with Gasteiger partial charge in [-0.2, -0.15) is 74.6 Å². The van der Waals surface area contributed by atoms with Gasteiger partial charge in [0, 0.05) is 18.6 Å². The van der Waals surface area contributed by atoms with E-state index in [0.717, 1.165) is 18.2 Å². The van der Waals surface area contributed by atoms with Gasteiger partial charge in [0.1, 0.15) is 30.1 Å². The van der Waals surface area contributed by atoms with Gasteiger partial charge in [-0.3, -0.25) is 15.3 Å². The summed E-state index contributed by atoms with van der Waals surface area (Å²) >= 11 is 0. The maximum atomic E-state index is 15.0. The summed E-state index contributed by atoms with van der Waals surface area (Å²) in [7, 11) is -4.05. The molecule has 0 aliphatic heterocycles. The second-order valence-electron chi connectivity index (χ2n) is 15.2. The van der Waals surface area contributed by atoms with Gasteiger partial charge in [0.05, 0.1) is 12.3 Å². The highest BCUT2D eigenvalue weighted by Crippen LogP contribution is 2.64. The fraction of sp³-hybridized carbons (Fsp3) is 0.538. The Labute approximate surface area is 369 Å². The zero-order chi connectivity index (χ0) is 51.8. The summed E-state index contributed by atoms with van der Waals surface area (Å²) < 4.78 is 280. The van der Waals surface area contributed by atoms with E-state index in [1.807, 2.05) is 0 Å². The number of hydrogen-bond acceptors (Lipinski definition) is 6. The smallest absolute Gasteiger partial charge is 0.460 e. The third kappa shape index (κ3) is 12.5. The Hall–Kier alpha value is -4.73. The molecule has 0 heterocycles. The fourth-order valence-electron chi connectivity index (χ4n) is 6.28. The Balaban J connectivity index is 2.28. The lowest BCUT2D eigenvalue weighted by molar-refractivity contribution is -0.461. The van der Waals surface area contributed by atoms with Crippen LogP contribution in [0.25, 0.3) is 0 Å². The Morgan fingerprint density at radius 1 is 0.701 bits per heavy atom. The van der Waals surface area contributed by atoms with Crippen molar-refractivity contribution in [3.8, 4) is 5.75 Å². The molecular weight excluding hydrogens is 981 g/mol. The predicted octanol–water partition coefficient (Wildman–Crippen LogP) is 13.2. The van der Waals surface area contributed by atoms with Gasteiger partial charge in [0.25, 0.3) is 5.91 Å². The molecule has 0 spiro atoms. The summed E-state index contributed by atoms with van der Waals surface area (Å²) in [5.41, 5.74) is -0.618. The van der Waals surface area contributed by atoms with E-state index in [2.05, 4.69) is 5.32 Å². The first kappa shape index (κ1) is 58.4. The van der Waals surface area contributed by atoms with E-state index >= 15 is 0 Å². The monoisotopic (exact) mass is 1020 g/mol. The van der Waals surface area contributed by atoms with Crippen molar-refractivity contribution < 1.29 is 112 Å². The number of halogens is 19. The van der Waals surface area contributed by atoms with Crippen LogP contribution in [0, 0.1) is 11.6 Å². The van der Waals surface area contributed by atoms with Gasteiger partial charge in [-0.25, -0.2) is 19.1 Å². The molecule has 0 saturated heterocycles. The molecule has 67 heavy (non-hydrogen) atoms. The van der Waals surface area contributed by atoms with Crippen molar-refractivity contribution in [3.63, 3.8) is 0 Å². The molecule has 2 aromatic carbocycles. The maximum absolute atomic E-state index is 15.0. The van der Waals surface area contributed by atoms with Crippen molar-refractivity contribution in [3.05, 3.63) is 84.0 Å². The van der Waals surface area contributed by atoms with Crippen molar-refractivity contribution in [1.82, 2.24) is 5.48 Å². The molecule has 3 N–H and O–H groups in total. The van der Waals surface area contributed by atoms with Crippen molar-refractivity contribution >= 4 is 26.0 Å². The van der Waals surface area contributed by atoms with Gasteiger partial charge >= 0.3 is 53.7 Å². The quantitative estimate of drug-likeness (QED) is 0.0184. The average Bonchev–Trinajstić information content (AvgIpc) is 3.21. The predicted molar refractivity (Wildman–Crippen MR) is 201 cm³/mol. The van der Waals surface area contributed by atoms with Crippen LogP contribution in [0.1, 0.15) is 58.6 Å². The van der Waals surface area contributed by atoms with Gasteiger partial charge in [0.15, 0.2) is 8.32 Å². The second kappa shape index (κ2) is 21.7. The highest BCUT2D eigenvalue weighted by atomic mass is 28.4. The third-order valence-electron chi connectivity index (χ3n) is 10.2. The summed E-state index contributed by atoms with van der Waals surface area (Å²) in [6.07, 6.45) is -7.29. The number of benzene rings is 2. The van der Waals surface area contributed by atoms with Crippen LogP contribution in [-0.2, 0) is 14.0 Å². The van der Waals surface area contributed by atoms with Crippen LogP contribution in [0.4, 0.5) is 93.9 Å². The highest BCUT2D eigenvalue weighted by molar-refractivity contribution is 6.76. The van der Waals surface area contributed by atoms with Crippen molar-refractivity contribution in [2.45, 2.75) is 118 Å². The topological polar surface area (TPSA) is 106 Å². The first-order valence-electron chi connectivity index (χ1n) is 19.2. The van der Waals surface area contributed by atoms with Crippen LogP contribution in [0.2, 0.25) is 17.1 Å². The van der Waals surface area contributed by atoms with Crippen molar-refractivity contribution in [2.24, 2.45) is 0 Å². The lowest BCUT2D eigenvalue weighted by Gasteiger charge is -2.44. The number of amides is 2. The fourth-order valence-corrected chi connectivity index (χ4v) is 10.7. The van der Waals surface area contributed by atoms with E-state index < -0.39 is 128 Å². The number of hydroxylamine groups is 1. The molecule has 1 atom stereocenters. The zero-order valence-electron chi connectivity index (χ0n) is 35.0. The van der Waals surface area contributed by atoms with Gasteiger partial charge in [-0.15, -0.1) is 0 Å². The SMILES string of the molecule is CC(C)[Si](CCC(F)(F)C(F)(F)C(F)(F)C(F)(F)C(F)(F)C(F)(F)C(F)(F)C(F)(F)F)(OCCOc1ccc([C@H](CC/C=C/C=C/C(=O)NO)OC(=O)Nc2ccc(F)cc2F)cc1)C(C)C. The van der Waals surface area contributed by atoms with Crippen molar-refractivity contribution in [2.75, 3.05) is 18.5 Å². The number of hydrogen-bond donors (Lipinski definition) is 3. The van der Waals surface area contributed by atoms with Crippen LogP contribution < -0.4 is 15.5 Å². The van der Waals surface area contributed by atoms with E-state index in [4.69, 9.17) is 19.1 Å². The molecule has 380 valence electrons. The molecule has 0 saturated carbocycles. The van der Waals surface area contributed by atoms with E-state index in [1.54, 1.807) is 0 Å². The lowest BCUT2D eigenvalue weighted by Crippen LogP contribution is -2.74. The van der Waals surface area contributed by atoms with Crippen molar-refractivity contribution in [1.29, 1.82) is 0 Å². The van der Waals surface area contributed by atoms with Crippen LogP contribution in [0.15, 0.2) is 66.8 Å². The van der Waals surface area contributed by atoms with Gasteiger partial charge in [-0.05, 0) is 59.8 Å². The van der Waals surface area contributed by atoms with Gasteiger partial charge in [0.2, 0.25) is 0 Å². The molecule has 2 amide bonds. The van der Waals surface area contributed by atoms with Gasteiger partial charge in [-0.1, -0.05) is 58.1 Å². The third-order valence-corrected chi connectivity index (χ3v) is 15.8. The second-order valence-corrected chi connectivity index (χ2v) is 20.2. The molecule has 0 aromatic heterocycles. The Morgan fingerprint density at radius 2 is 1.22 bits per heavy atom. The highest BCUT2D eigenvalue weighted by Gasteiger charge is 2.95. The number of rotatable bonds is 24. The average molecular weight is 1020 g/mol. The van der Waals surface area contributed by atoms with Gasteiger partial charge < -0.3 is 13.9 Å².